The number of amides is 1. The molecule has 0 bridgehead atoms. The molecule has 3 N–H and O–H groups in total. The summed E-state index contributed by atoms with van der Waals surface area (Å²) in [6.07, 6.45) is 4.92. The maximum absolute atomic E-state index is 11.1. The molecule has 1 rings (SSSR count). The fraction of sp³-hybridized carbons (Fsp3) is 0.889. The Balaban J connectivity index is 2.00. The van der Waals surface area contributed by atoms with Crippen LogP contribution >= 0.6 is 0 Å². The van der Waals surface area contributed by atoms with Crippen molar-refractivity contribution in [1.82, 2.24) is 10.6 Å². The van der Waals surface area contributed by atoms with E-state index in [0.717, 1.165) is 0 Å². The van der Waals surface area contributed by atoms with E-state index in [2.05, 4.69) is 10.6 Å². The van der Waals surface area contributed by atoms with E-state index in [1.165, 1.54) is 25.7 Å². The van der Waals surface area contributed by atoms with Gasteiger partial charge in [-0.2, -0.15) is 0 Å². The first-order chi connectivity index (χ1) is 6.33. The molecule has 0 aromatic heterocycles. The summed E-state index contributed by atoms with van der Waals surface area (Å²) in [5.74, 6) is -0.0269. The highest BCUT2D eigenvalue weighted by Crippen LogP contribution is 2.16. The molecular weight excluding hydrogens is 168 g/mol. The van der Waals surface area contributed by atoms with E-state index < -0.39 is 0 Å². The van der Waals surface area contributed by atoms with Crippen LogP contribution in [0.4, 0.5) is 0 Å². The third kappa shape index (κ3) is 4.24. The lowest BCUT2D eigenvalue weighted by molar-refractivity contribution is -0.120. The van der Waals surface area contributed by atoms with Crippen molar-refractivity contribution in [2.24, 2.45) is 0 Å². The van der Waals surface area contributed by atoms with E-state index in [9.17, 15) is 4.79 Å². The Kier molecular flexibility index (Phi) is 4.78. The van der Waals surface area contributed by atoms with E-state index in [0.29, 0.717) is 19.1 Å². The van der Waals surface area contributed by atoms with Crippen LogP contribution in [0.15, 0.2) is 0 Å². The van der Waals surface area contributed by atoms with Crippen molar-refractivity contribution < 1.29 is 9.90 Å². The van der Waals surface area contributed by atoms with Crippen LogP contribution in [0.2, 0.25) is 0 Å². The third-order valence-corrected chi connectivity index (χ3v) is 2.34. The van der Waals surface area contributed by atoms with Gasteiger partial charge in [0.25, 0.3) is 0 Å². The molecule has 0 unspecified atom stereocenters. The first kappa shape index (κ1) is 10.5. The number of hydrogen-bond donors (Lipinski definition) is 3. The summed E-state index contributed by atoms with van der Waals surface area (Å²) < 4.78 is 0. The Hall–Kier alpha value is -0.610. The van der Waals surface area contributed by atoms with Crippen LogP contribution in [-0.2, 0) is 4.79 Å². The van der Waals surface area contributed by atoms with Gasteiger partial charge in [-0.1, -0.05) is 12.8 Å². The standard InChI is InChI=1S/C9H18N2O2/c12-6-5-10-9(13)7-11-8-3-1-2-4-8/h8,11-12H,1-7H2,(H,10,13). The lowest BCUT2D eigenvalue weighted by Gasteiger charge is -2.10. The fourth-order valence-electron chi connectivity index (χ4n) is 1.62. The maximum Gasteiger partial charge on any atom is 0.234 e. The molecule has 1 fully saturated rings. The molecular formula is C9H18N2O2. The van der Waals surface area contributed by atoms with Crippen molar-refractivity contribution >= 4 is 5.91 Å². The van der Waals surface area contributed by atoms with Gasteiger partial charge in [-0.05, 0) is 12.8 Å². The molecule has 0 aromatic rings. The van der Waals surface area contributed by atoms with Crippen molar-refractivity contribution in [2.45, 2.75) is 31.7 Å². The SMILES string of the molecule is O=C(CNC1CCCC1)NCCO. The van der Waals surface area contributed by atoms with Gasteiger partial charge in [0.2, 0.25) is 5.91 Å². The molecule has 0 saturated heterocycles. The van der Waals surface area contributed by atoms with Gasteiger partial charge < -0.3 is 15.7 Å². The second kappa shape index (κ2) is 5.94. The van der Waals surface area contributed by atoms with Gasteiger partial charge in [-0.15, -0.1) is 0 Å². The van der Waals surface area contributed by atoms with Crippen molar-refractivity contribution in [3.05, 3.63) is 0 Å². The van der Waals surface area contributed by atoms with Gasteiger partial charge in [-0.3, -0.25) is 4.79 Å². The molecule has 0 aromatic carbocycles. The molecule has 13 heavy (non-hydrogen) atoms. The van der Waals surface area contributed by atoms with E-state index in [1.807, 2.05) is 0 Å². The normalized spacial score (nSPS) is 17.6. The molecule has 0 aliphatic heterocycles. The Morgan fingerprint density at radius 1 is 1.38 bits per heavy atom. The Labute approximate surface area is 78.7 Å². The van der Waals surface area contributed by atoms with Crippen LogP contribution in [-0.4, -0.2) is 36.8 Å². The van der Waals surface area contributed by atoms with Crippen molar-refractivity contribution in [2.75, 3.05) is 19.7 Å². The maximum atomic E-state index is 11.1. The van der Waals surface area contributed by atoms with Crippen molar-refractivity contribution in [3.63, 3.8) is 0 Å². The second-order valence-electron chi connectivity index (χ2n) is 3.44. The van der Waals surface area contributed by atoms with Crippen molar-refractivity contribution in [3.8, 4) is 0 Å². The van der Waals surface area contributed by atoms with Gasteiger partial charge in [0.05, 0.1) is 13.2 Å². The van der Waals surface area contributed by atoms with Crippen LogP contribution in [0.5, 0.6) is 0 Å². The molecule has 1 amide bonds. The fourth-order valence-corrected chi connectivity index (χ4v) is 1.62. The average Bonchev–Trinajstić information content (AvgIpc) is 2.64. The van der Waals surface area contributed by atoms with E-state index in [-0.39, 0.29) is 12.5 Å². The lowest BCUT2D eigenvalue weighted by atomic mass is 10.2. The van der Waals surface area contributed by atoms with Gasteiger partial charge in [0.15, 0.2) is 0 Å². The highest BCUT2D eigenvalue weighted by molar-refractivity contribution is 5.77. The number of aliphatic hydroxyl groups excluding tert-OH is 1. The van der Waals surface area contributed by atoms with Gasteiger partial charge in [-0.25, -0.2) is 0 Å². The number of carbonyl (C=O) groups excluding carboxylic acids is 1. The molecule has 0 spiro atoms. The summed E-state index contributed by atoms with van der Waals surface area (Å²) in [6.45, 7) is 0.741. The zero-order valence-corrected chi connectivity index (χ0v) is 7.88. The second-order valence-corrected chi connectivity index (χ2v) is 3.44. The van der Waals surface area contributed by atoms with Crippen molar-refractivity contribution in [1.29, 1.82) is 0 Å². The molecule has 1 aliphatic carbocycles. The topological polar surface area (TPSA) is 61.4 Å². The van der Waals surface area contributed by atoms with Crippen LogP contribution in [0.1, 0.15) is 25.7 Å². The number of carbonyl (C=O) groups is 1. The highest BCUT2D eigenvalue weighted by atomic mass is 16.3. The number of hydrogen-bond acceptors (Lipinski definition) is 3. The van der Waals surface area contributed by atoms with Crippen LogP contribution in [0, 0.1) is 0 Å². The number of rotatable bonds is 5. The molecule has 0 radical (unpaired) electrons. The highest BCUT2D eigenvalue weighted by Gasteiger charge is 2.14. The van der Waals surface area contributed by atoms with Crippen LogP contribution < -0.4 is 10.6 Å². The molecule has 1 aliphatic rings. The van der Waals surface area contributed by atoms with E-state index in [1.54, 1.807) is 0 Å². The smallest absolute Gasteiger partial charge is 0.234 e. The predicted molar refractivity (Wildman–Crippen MR) is 50.4 cm³/mol. The minimum atomic E-state index is -0.0269. The predicted octanol–water partition coefficient (Wildman–Crippen LogP) is -0.373. The Morgan fingerprint density at radius 2 is 2.08 bits per heavy atom. The summed E-state index contributed by atoms with van der Waals surface area (Å²) in [6, 6.07) is 0.528. The Morgan fingerprint density at radius 3 is 2.69 bits per heavy atom. The monoisotopic (exact) mass is 186 g/mol. The first-order valence-corrected chi connectivity index (χ1v) is 4.94. The van der Waals surface area contributed by atoms with E-state index >= 15 is 0 Å². The largest absolute Gasteiger partial charge is 0.395 e. The average molecular weight is 186 g/mol. The summed E-state index contributed by atoms with van der Waals surface area (Å²) >= 11 is 0. The third-order valence-electron chi connectivity index (χ3n) is 2.34. The van der Waals surface area contributed by atoms with Gasteiger partial charge in [0.1, 0.15) is 0 Å². The quantitative estimate of drug-likeness (QED) is 0.549. The number of nitrogens with one attached hydrogen (secondary N) is 2. The van der Waals surface area contributed by atoms with Crippen LogP contribution in [0.3, 0.4) is 0 Å². The molecule has 0 heterocycles. The first-order valence-electron chi connectivity index (χ1n) is 4.94. The summed E-state index contributed by atoms with van der Waals surface area (Å²) in [7, 11) is 0. The summed E-state index contributed by atoms with van der Waals surface area (Å²) in [5, 5.41) is 14.3. The molecule has 76 valence electrons. The molecule has 4 nitrogen and oxygen atoms in total. The van der Waals surface area contributed by atoms with Gasteiger partial charge >= 0.3 is 0 Å². The summed E-state index contributed by atoms with van der Waals surface area (Å²) in [5.41, 5.74) is 0. The zero-order valence-electron chi connectivity index (χ0n) is 7.88. The van der Waals surface area contributed by atoms with E-state index in [4.69, 9.17) is 5.11 Å². The molecule has 4 heteroatoms. The Bertz CT molecular complexity index is 156. The zero-order chi connectivity index (χ0) is 9.52. The number of aliphatic hydroxyl groups is 1. The summed E-state index contributed by atoms with van der Waals surface area (Å²) in [4.78, 5) is 11.1. The molecule has 1 saturated carbocycles. The van der Waals surface area contributed by atoms with Crippen LogP contribution in [0.25, 0.3) is 0 Å². The minimum Gasteiger partial charge on any atom is -0.395 e. The lowest BCUT2D eigenvalue weighted by Crippen LogP contribution is -2.39. The van der Waals surface area contributed by atoms with Gasteiger partial charge in [0, 0.05) is 12.6 Å². The molecule has 0 atom stereocenters. The minimum absolute atomic E-state index is 0.00910.